The Morgan fingerprint density at radius 1 is 1.59 bits per heavy atom. The smallest absolute Gasteiger partial charge is 0.126 e. The summed E-state index contributed by atoms with van der Waals surface area (Å²) < 4.78 is 13.7. The third-order valence-electron chi connectivity index (χ3n) is 3.63. The van der Waals surface area contributed by atoms with Gasteiger partial charge in [0.2, 0.25) is 0 Å². The van der Waals surface area contributed by atoms with E-state index in [1.807, 2.05) is 0 Å². The standard InChI is InChI=1S/C14H15ClFN/c1-10-4-5-14(7-10,9-17)8-11-6-12(15)2-3-13(11)16/h2-3,6,10H,4-5,7-8H2,1H3. The van der Waals surface area contributed by atoms with Crippen LogP contribution in [0.1, 0.15) is 31.7 Å². The summed E-state index contributed by atoms with van der Waals surface area (Å²) in [4.78, 5) is 0. The maximum Gasteiger partial charge on any atom is 0.126 e. The summed E-state index contributed by atoms with van der Waals surface area (Å²) in [6, 6.07) is 6.95. The van der Waals surface area contributed by atoms with Crippen molar-refractivity contribution in [2.75, 3.05) is 0 Å². The number of hydrogen-bond acceptors (Lipinski definition) is 1. The molecule has 0 saturated heterocycles. The Morgan fingerprint density at radius 2 is 2.35 bits per heavy atom. The van der Waals surface area contributed by atoms with Gasteiger partial charge in [0.05, 0.1) is 11.5 Å². The number of halogens is 2. The summed E-state index contributed by atoms with van der Waals surface area (Å²) in [6.45, 7) is 2.15. The van der Waals surface area contributed by atoms with Crippen LogP contribution in [0.5, 0.6) is 0 Å². The van der Waals surface area contributed by atoms with E-state index < -0.39 is 5.41 Å². The zero-order valence-electron chi connectivity index (χ0n) is 9.84. The molecule has 0 amide bonds. The van der Waals surface area contributed by atoms with Crippen LogP contribution in [0.2, 0.25) is 5.02 Å². The molecule has 17 heavy (non-hydrogen) atoms. The summed E-state index contributed by atoms with van der Waals surface area (Å²) in [5.41, 5.74) is 0.165. The first kappa shape index (κ1) is 12.4. The summed E-state index contributed by atoms with van der Waals surface area (Å²) >= 11 is 5.87. The molecule has 1 aliphatic carbocycles. The third-order valence-corrected chi connectivity index (χ3v) is 3.86. The summed E-state index contributed by atoms with van der Waals surface area (Å²) in [7, 11) is 0. The van der Waals surface area contributed by atoms with Crippen LogP contribution in [0.3, 0.4) is 0 Å². The molecule has 1 saturated carbocycles. The Hall–Kier alpha value is -1.07. The molecule has 1 aromatic rings. The lowest BCUT2D eigenvalue weighted by Gasteiger charge is -2.21. The van der Waals surface area contributed by atoms with Crippen LogP contribution in [-0.4, -0.2) is 0 Å². The molecule has 0 heterocycles. The predicted molar refractivity (Wildman–Crippen MR) is 66.2 cm³/mol. The fourth-order valence-corrected chi connectivity index (χ4v) is 2.93. The van der Waals surface area contributed by atoms with E-state index in [-0.39, 0.29) is 5.82 Å². The van der Waals surface area contributed by atoms with Gasteiger partial charge in [0, 0.05) is 5.02 Å². The van der Waals surface area contributed by atoms with Gasteiger partial charge in [-0.1, -0.05) is 18.5 Å². The molecule has 0 bridgehead atoms. The Morgan fingerprint density at radius 3 is 2.94 bits per heavy atom. The Labute approximate surface area is 106 Å². The maximum atomic E-state index is 13.7. The fraction of sp³-hybridized carbons (Fsp3) is 0.500. The number of benzene rings is 1. The van der Waals surface area contributed by atoms with Crippen molar-refractivity contribution in [1.29, 1.82) is 5.26 Å². The first-order valence-corrected chi connectivity index (χ1v) is 6.28. The molecule has 1 aromatic carbocycles. The van der Waals surface area contributed by atoms with E-state index in [0.29, 0.717) is 22.9 Å². The van der Waals surface area contributed by atoms with Gasteiger partial charge in [-0.3, -0.25) is 0 Å². The zero-order chi connectivity index (χ0) is 12.5. The molecule has 0 radical (unpaired) electrons. The van der Waals surface area contributed by atoms with Gasteiger partial charge in [0.25, 0.3) is 0 Å². The van der Waals surface area contributed by atoms with E-state index >= 15 is 0 Å². The molecule has 1 aliphatic rings. The molecule has 0 N–H and O–H groups in total. The van der Waals surface area contributed by atoms with Crippen molar-refractivity contribution >= 4 is 11.6 Å². The quantitative estimate of drug-likeness (QED) is 0.767. The summed E-state index contributed by atoms with van der Waals surface area (Å²) in [6.07, 6.45) is 3.24. The van der Waals surface area contributed by atoms with Gasteiger partial charge in [-0.25, -0.2) is 4.39 Å². The zero-order valence-corrected chi connectivity index (χ0v) is 10.6. The van der Waals surface area contributed by atoms with Crippen LogP contribution in [0, 0.1) is 28.5 Å². The molecular weight excluding hydrogens is 237 g/mol. The highest BCUT2D eigenvalue weighted by Crippen LogP contribution is 2.44. The van der Waals surface area contributed by atoms with Crippen LogP contribution < -0.4 is 0 Å². The van der Waals surface area contributed by atoms with E-state index in [1.54, 1.807) is 6.07 Å². The average molecular weight is 252 g/mol. The van der Waals surface area contributed by atoms with Gasteiger partial charge < -0.3 is 0 Å². The first-order chi connectivity index (χ1) is 8.04. The van der Waals surface area contributed by atoms with Crippen molar-refractivity contribution in [1.82, 2.24) is 0 Å². The van der Waals surface area contributed by atoms with Gasteiger partial charge >= 0.3 is 0 Å². The van der Waals surface area contributed by atoms with Gasteiger partial charge in [-0.15, -0.1) is 0 Å². The maximum absolute atomic E-state index is 13.7. The van der Waals surface area contributed by atoms with Gasteiger partial charge in [-0.2, -0.15) is 5.26 Å². The molecule has 3 heteroatoms. The molecular formula is C14H15ClFN. The van der Waals surface area contributed by atoms with Crippen LogP contribution >= 0.6 is 11.6 Å². The van der Waals surface area contributed by atoms with Gasteiger partial charge in [0.15, 0.2) is 0 Å². The normalized spacial score (nSPS) is 28.0. The molecule has 2 unspecified atom stereocenters. The Bertz CT molecular complexity index is 466. The van der Waals surface area contributed by atoms with Crippen LogP contribution in [0.4, 0.5) is 4.39 Å². The lowest BCUT2D eigenvalue weighted by molar-refractivity contribution is 0.384. The number of nitrogens with zero attached hydrogens (tertiary/aromatic N) is 1. The van der Waals surface area contributed by atoms with E-state index in [9.17, 15) is 9.65 Å². The fourth-order valence-electron chi connectivity index (χ4n) is 2.74. The van der Waals surface area contributed by atoms with Crippen LogP contribution in [0.15, 0.2) is 18.2 Å². The van der Waals surface area contributed by atoms with Gasteiger partial charge in [0.1, 0.15) is 5.82 Å². The van der Waals surface area contributed by atoms with Crippen molar-refractivity contribution in [2.24, 2.45) is 11.3 Å². The topological polar surface area (TPSA) is 23.8 Å². The molecule has 0 aromatic heterocycles. The molecule has 1 nitrogen and oxygen atoms in total. The van der Waals surface area contributed by atoms with Crippen LogP contribution in [0.25, 0.3) is 0 Å². The van der Waals surface area contributed by atoms with E-state index in [1.165, 1.54) is 12.1 Å². The van der Waals surface area contributed by atoms with Crippen LogP contribution in [-0.2, 0) is 6.42 Å². The largest absolute Gasteiger partial charge is 0.207 e. The second-order valence-electron chi connectivity index (χ2n) is 5.15. The van der Waals surface area contributed by atoms with Gasteiger partial charge in [-0.05, 0) is 55.4 Å². The third kappa shape index (κ3) is 2.61. The number of hydrogen-bond donors (Lipinski definition) is 0. The highest BCUT2D eigenvalue weighted by atomic mass is 35.5. The highest BCUT2D eigenvalue weighted by Gasteiger charge is 2.38. The van der Waals surface area contributed by atoms with E-state index in [2.05, 4.69) is 13.0 Å². The second-order valence-corrected chi connectivity index (χ2v) is 5.59. The number of rotatable bonds is 2. The van der Waals surface area contributed by atoms with Crippen molar-refractivity contribution in [3.05, 3.63) is 34.6 Å². The monoisotopic (exact) mass is 251 g/mol. The highest BCUT2D eigenvalue weighted by molar-refractivity contribution is 6.30. The SMILES string of the molecule is CC1CCC(C#N)(Cc2cc(Cl)ccc2F)C1. The average Bonchev–Trinajstić information content (AvgIpc) is 2.66. The molecule has 2 atom stereocenters. The molecule has 0 aliphatic heterocycles. The predicted octanol–water partition coefficient (Wildman–Crippen LogP) is 4.35. The van der Waals surface area contributed by atoms with Crippen molar-refractivity contribution in [3.8, 4) is 6.07 Å². The lowest BCUT2D eigenvalue weighted by Crippen LogP contribution is -2.18. The minimum atomic E-state index is -0.398. The minimum Gasteiger partial charge on any atom is -0.207 e. The minimum absolute atomic E-state index is 0.261. The summed E-state index contributed by atoms with van der Waals surface area (Å²) in [5.74, 6) is 0.292. The van der Waals surface area contributed by atoms with Crippen molar-refractivity contribution in [2.45, 2.75) is 32.6 Å². The number of nitriles is 1. The molecule has 2 rings (SSSR count). The molecule has 0 spiro atoms. The summed E-state index contributed by atoms with van der Waals surface area (Å²) in [5, 5.41) is 9.88. The second kappa shape index (κ2) is 4.66. The lowest BCUT2D eigenvalue weighted by atomic mass is 9.81. The van der Waals surface area contributed by atoms with E-state index in [0.717, 1.165) is 19.3 Å². The Balaban J connectivity index is 2.25. The first-order valence-electron chi connectivity index (χ1n) is 5.90. The van der Waals surface area contributed by atoms with Crippen molar-refractivity contribution < 1.29 is 4.39 Å². The molecule has 1 fully saturated rings. The van der Waals surface area contributed by atoms with Crippen molar-refractivity contribution in [3.63, 3.8) is 0 Å². The molecule has 90 valence electrons. The van der Waals surface area contributed by atoms with E-state index in [4.69, 9.17) is 11.6 Å². The Kier molecular flexibility index (Phi) is 3.40.